The van der Waals surface area contributed by atoms with Gasteiger partial charge < -0.3 is 11.1 Å². The number of benzene rings is 2. The molecule has 0 radical (unpaired) electrons. The van der Waals surface area contributed by atoms with Crippen LogP contribution >= 0.6 is 39.1 Å². The lowest BCUT2D eigenvalue weighted by molar-refractivity contribution is 0.102. The van der Waals surface area contributed by atoms with Crippen LogP contribution in [0.15, 0.2) is 34.8 Å². The fraction of sp³-hybridized carbons (Fsp3) is 0.0714. The van der Waals surface area contributed by atoms with E-state index >= 15 is 0 Å². The molecule has 0 aliphatic rings. The molecular formula is C14H11BrCl2N2O. The Labute approximate surface area is 135 Å². The molecule has 0 aromatic heterocycles. The summed E-state index contributed by atoms with van der Waals surface area (Å²) < 4.78 is 0.951. The van der Waals surface area contributed by atoms with Crippen LogP contribution in [0.3, 0.4) is 0 Å². The lowest BCUT2D eigenvalue weighted by Gasteiger charge is -2.10. The topological polar surface area (TPSA) is 55.1 Å². The molecule has 104 valence electrons. The second-order valence-corrected chi connectivity index (χ2v) is 6.00. The zero-order valence-electron chi connectivity index (χ0n) is 10.5. The Morgan fingerprint density at radius 1 is 1.20 bits per heavy atom. The van der Waals surface area contributed by atoms with Crippen molar-refractivity contribution < 1.29 is 4.79 Å². The maximum absolute atomic E-state index is 12.2. The molecule has 0 heterocycles. The molecule has 0 aliphatic heterocycles. The maximum Gasteiger partial charge on any atom is 0.255 e. The minimum absolute atomic E-state index is 0.259. The second kappa shape index (κ2) is 6.04. The van der Waals surface area contributed by atoms with Gasteiger partial charge in [-0.25, -0.2) is 0 Å². The van der Waals surface area contributed by atoms with E-state index in [-0.39, 0.29) is 21.6 Å². The number of nitrogen functional groups attached to an aromatic ring is 1. The number of rotatable bonds is 2. The van der Waals surface area contributed by atoms with Gasteiger partial charge in [0, 0.05) is 15.7 Å². The van der Waals surface area contributed by atoms with Crippen LogP contribution in [0.4, 0.5) is 11.4 Å². The number of amides is 1. The van der Waals surface area contributed by atoms with Gasteiger partial charge in [0.25, 0.3) is 5.91 Å². The molecule has 0 spiro atoms. The summed E-state index contributed by atoms with van der Waals surface area (Å²) in [5, 5.41) is 3.33. The summed E-state index contributed by atoms with van der Waals surface area (Å²) in [6, 6.07) is 8.57. The summed E-state index contributed by atoms with van der Waals surface area (Å²) in [6.45, 7) is 1.91. The van der Waals surface area contributed by atoms with Crippen LogP contribution in [-0.4, -0.2) is 5.91 Å². The number of hydrogen-bond donors (Lipinski definition) is 2. The quantitative estimate of drug-likeness (QED) is 0.735. The first kappa shape index (κ1) is 15.2. The van der Waals surface area contributed by atoms with Crippen molar-refractivity contribution in [3.8, 4) is 0 Å². The molecule has 2 aromatic rings. The Morgan fingerprint density at radius 2 is 1.80 bits per heavy atom. The zero-order valence-corrected chi connectivity index (χ0v) is 13.6. The number of halogens is 3. The van der Waals surface area contributed by atoms with Gasteiger partial charge in [-0.3, -0.25) is 4.79 Å². The number of carbonyl (C=O) groups is 1. The van der Waals surface area contributed by atoms with E-state index in [2.05, 4.69) is 21.2 Å². The van der Waals surface area contributed by atoms with Crippen molar-refractivity contribution in [2.75, 3.05) is 11.1 Å². The molecule has 0 saturated heterocycles. The highest BCUT2D eigenvalue weighted by Gasteiger charge is 2.12. The minimum Gasteiger partial charge on any atom is -0.396 e. The Morgan fingerprint density at radius 3 is 2.35 bits per heavy atom. The van der Waals surface area contributed by atoms with E-state index in [1.54, 1.807) is 0 Å². The third-order valence-electron chi connectivity index (χ3n) is 2.78. The molecule has 0 unspecified atom stereocenters. The number of carbonyl (C=O) groups excluding carboxylic acids is 1. The molecule has 0 bridgehead atoms. The van der Waals surface area contributed by atoms with E-state index in [4.69, 9.17) is 28.9 Å². The van der Waals surface area contributed by atoms with Gasteiger partial charge in [-0.2, -0.15) is 0 Å². The van der Waals surface area contributed by atoms with E-state index in [0.717, 1.165) is 15.7 Å². The van der Waals surface area contributed by atoms with Gasteiger partial charge in [0.2, 0.25) is 0 Å². The normalized spacial score (nSPS) is 10.4. The second-order valence-electron chi connectivity index (χ2n) is 4.27. The Bertz CT molecular complexity index is 666. The molecule has 2 rings (SSSR count). The highest BCUT2D eigenvalue weighted by Crippen LogP contribution is 2.29. The molecule has 1 amide bonds. The Hall–Kier alpha value is -1.23. The van der Waals surface area contributed by atoms with Crippen molar-refractivity contribution in [3.05, 3.63) is 56.0 Å². The van der Waals surface area contributed by atoms with Crippen LogP contribution in [0, 0.1) is 6.92 Å². The summed E-state index contributed by atoms with van der Waals surface area (Å²) in [5.41, 5.74) is 7.94. The largest absolute Gasteiger partial charge is 0.396 e. The summed E-state index contributed by atoms with van der Waals surface area (Å²) in [6.07, 6.45) is 0. The number of nitrogens with two attached hydrogens (primary N) is 1. The molecule has 20 heavy (non-hydrogen) atoms. The van der Waals surface area contributed by atoms with Crippen LogP contribution < -0.4 is 11.1 Å². The van der Waals surface area contributed by atoms with E-state index in [1.807, 2.05) is 25.1 Å². The maximum atomic E-state index is 12.2. The van der Waals surface area contributed by atoms with Gasteiger partial charge in [-0.05, 0) is 42.8 Å². The predicted octanol–water partition coefficient (Wildman–Crippen LogP) is 4.90. The first-order chi connectivity index (χ1) is 9.38. The van der Waals surface area contributed by atoms with E-state index in [1.165, 1.54) is 12.1 Å². The summed E-state index contributed by atoms with van der Waals surface area (Å²) in [4.78, 5) is 12.2. The third kappa shape index (κ3) is 3.26. The van der Waals surface area contributed by atoms with Gasteiger partial charge in [0.15, 0.2) is 0 Å². The molecule has 3 nitrogen and oxygen atoms in total. The average Bonchev–Trinajstić information content (AvgIpc) is 2.38. The summed E-state index contributed by atoms with van der Waals surface area (Å²) in [7, 11) is 0. The molecule has 3 N–H and O–H groups in total. The predicted molar refractivity (Wildman–Crippen MR) is 87.7 cm³/mol. The van der Waals surface area contributed by atoms with Crippen molar-refractivity contribution in [1.29, 1.82) is 0 Å². The van der Waals surface area contributed by atoms with E-state index in [0.29, 0.717) is 5.56 Å². The van der Waals surface area contributed by atoms with Crippen LogP contribution in [0.5, 0.6) is 0 Å². The van der Waals surface area contributed by atoms with Gasteiger partial charge in [-0.1, -0.05) is 39.1 Å². The zero-order chi connectivity index (χ0) is 14.9. The lowest BCUT2D eigenvalue weighted by Crippen LogP contribution is -2.13. The molecule has 0 aliphatic carbocycles. The van der Waals surface area contributed by atoms with Crippen molar-refractivity contribution in [2.45, 2.75) is 6.92 Å². The number of nitrogens with one attached hydrogen (secondary N) is 1. The lowest BCUT2D eigenvalue weighted by atomic mass is 10.1. The summed E-state index contributed by atoms with van der Waals surface area (Å²) in [5.74, 6) is -0.292. The summed E-state index contributed by atoms with van der Waals surface area (Å²) >= 11 is 15.2. The van der Waals surface area contributed by atoms with Crippen molar-refractivity contribution in [3.63, 3.8) is 0 Å². The Kier molecular flexibility index (Phi) is 4.58. The number of anilines is 2. The molecule has 2 aromatic carbocycles. The molecule has 6 heteroatoms. The SMILES string of the molecule is Cc1cc(Br)ccc1NC(=O)c1cc(Cl)c(N)c(Cl)c1. The molecule has 0 fully saturated rings. The molecular weight excluding hydrogens is 363 g/mol. The first-order valence-electron chi connectivity index (χ1n) is 5.70. The van der Waals surface area contributed by atoms with E-state index < -0.39 is 0 Å². The van der Waals surface area contributed by atoms with Crippen LogP contribution in [0.1, 0.15) is 15.9 Å². The van der Waals surface area contributed by atoms with Crippen LogP contribution in [0.2, 0.25) is 10.0 Å². The minimum atomic E-state index is -0.292. The fourth-order valence-electron chi connectivity index (χ4n) is 1.68. The standard InChI is InChI=1S/C14H11BrCl2N2O/c1-7-4-9(15)2-3-12(7)19-14(20)8-5-10(16)13(18)11(17)6-8/h2-6H,18H2,1H3,(H,19,20). The highest BCUT2D eigenvalue weighted by atomic mass is 79.9. The van der Waals surface area contributed by atoms with Gasteiger partial charge in [0.05, 0.1) is 15.7 Å². The highest BCUT2D eigenvalue weighted by molar-refractivity contribution is 9.10. The smallest absolute Gasteiger partial charge is 0.255 e. The molecule has 0 atom stereocenters. The van der Waals surface area contributed by atoms with Crippen LogP contribution in [-0.2, 0) is 0 Å². The Balaban J connectivity index is 2.28. The van der Waals surface area contributed by atoms with E-state index in [9.17, 15) is 4.79 Å². The van der Waals surface area contributed by atoms with Gasteiger partial charge in [-0.15, -0.1) is 0 Å². The molecule has 0 saturated carbocycles. The average molecular weight is 374 g/mol. The van der Waals surface area contributed by atoms with Gasteiger partial charge >= 0.3 is 0 Å². The third-order valence-corrected chi connectivity index (χ3v) is 3.90. The first-order valence-corrected chi connectivity index (χ1v) is 7.25. The monoisotopic (exact) mass is 372 g/mol. The van der Waals surface area contributed by atoms with Crippen LogP contribution in [0.25, 0.3) is 0 Å². The van der Waals surface area contributed by atoms with Gasteiger partial charge in [0.1, 0.15) is 0 Å². The fourth-order valence-corrected chi connectivity index (χ4v) is 2.64. The number of hydrogen-bond acceptors (Lipinski definition) is 2. The van der Waals surface area contributed by atoms with Crippen molar-refractivity contribution in [1.82, 2.24) is 0 Å². The number of aryl methyl sites for hydroxylation is 1. The van der Waals surface area contributed by atoms with Crippen molar-refractivity contribution >= 4 is 56.4 Å². The van der Waals surface area contributed by atoms with Crippen molar-refractivity contribution in [2.24, 2.45) is 0 Å².